The Balaban J connectivity index is 0.00000119. The van der Waals surface area contributed by atoms with E-state index in [1.807, 2.05) is 12.2 Å². The SMILES string of the molecule is C=CC(=O)O.CC(C=CC1=C(C)CCCC1(C)C)=CC=C/C(C)=C\C(=O)O. The third-order valence-electron chi connectivity index (χ3n) is 4.30. The zero-order valence-corrected chi connectivity index (χ0v) is 17.1. The van der Waals surface area contributed by atoms with Gasteiger partial charge < -0.3 is 10.2 Å². The van der Waals surface area contributed by atoms with E-state index in [-0.39, 0.29) is 5.41 Å². The molecule has 4 heteroatoms. The number of hydrogen-bond acceptors (Lipinski definition) is 2. The first-order valence-electron chi connectivity index (χ1n) is 8.99. The van der Waals surface area contributed by atoms with Crippen LogP contribution in [-0.2, 0) is 9.59 Å². The molecule has 0 aliphatic heterocycles. The van der Waals surface area contributed by atoms with Gasteiger partial charge in [0.05, 0.1) is 0 Å². The van der Waals surface area contributed by atoms with Crippen LogP contribution in [0.3, 0.4) is 0 Å². The minimum atomic E-state index is -0.981. The molecule has 0 radical (unpaired) electrons. The highest BCUT2D eigenvalue weighted by molar-refractivity contribution is 5.81. The molecule has 0 atom stereocenters. The summed E-state index contributed by atoms with van der Waals surface area (Å²) in [5.74, 6) is -1.89. The Morgan fingerprint density at radius 2 is 1.67 bits per heavy atom. The fourth-order valence-corrected chi connectivity index (χ4v) is 2.88. The van der Waals surface area contributed by atoms with Gasteiger partial charge in [0.25, 0.3) is 0 Å². The summed E-state index contributed by atoms with van der Waals surface area (Å²) in [6.45, 7) is 13.7. The van der Waals surface area contributed by atoms with Gasteiger partial charge in [0.15, 0.2) is 0 Å². The molecule has 0 saturated heterocycles. The summed E-state index contributed by atoms with van der Waals surface area (Å²) in [5.41, 5.74) is 5.09. The van der Waals surface area contributed by atoms with Crippen molar-refractivity contribution in [2.75, 3.05) is 0 Å². The van der Waals surface area contributed by atoms with Gasteiger partial charge in [0.2, 0.25) is 0 Å². The first-order valence-corrected chi connectivity index (χ1v) is 8.99. The third-order valence-corrected chi connectivity index (χ3v) is 4.30. The lowest BCUT2D eigenvalue weighted by Gasteiger charge is -2.32. The summed E-state index contributed by atoms with van der Waals surface area (Å²) < 4.78 is 0. The summed E-state index contributed by atoms with van der Waals surface area (Å²) in [6.07, 6.45) is 15.8. The fraction of sp³-hybridized carbons (Fsp3) is 0.391. The first-order chi connectivity index (χ1) is 12.5. The van der Waals surface area contributed by atoms with Crippen molar-refractivity contribution in [2.45, 2.75) is 53.9 Å². The van der Waals surface area contributed by atoms with Gasteiger partial charge in [-0.1, -0.05) is 62.0 Å². The van der Waals surface area contributed by atoms with Crippen molar-refractivity contribution >= 4 is 11.9 Å². The second-order valence-electron chi connectivity index (χ2n) is 7.30. The standard InChI is InChI=1S/C20H28O2.C3H4O2/c1-15(8-6-9-16(2)14-19(21)22)11-12-18-17(3)10-7-13-20(18,4)5;1-2-3(4)5/h6,8-9,11-12,14H,7,10,13H2,1-5H3,(H,21,22);2H,1H2,(H,4,5)/b9-6?,12-11?,15-8?,16-14-;. The zero-order chi connectivity index (χ0) is 21.0. The van der Waals surface area contributed by atoms with Gasteiger partial charge in [-0.25, -0.2) is 9.59 Å². The van der Waals surface area contributed by atoms with E-state index in [0.717, 1.165) is 17.2 Å². The van der Waals surface area contributed by atoms with Crippen LogP contribution >= 0.6 is 0 Å². The molecule has 0 spiro atoms. The minimum absolute atomic E-state index is 0.260. The molecule has 0 heterocycles. The summed E-state index contributed by atoms with van der Waals surface area (Å²) in [5, 5.41) is 16.3. The van der Waals surface area contributed by atoms with Crippen molar-refractivity contribution in [1.82, 2.24) is 0 Å². The van der Waals surface area contributed by atoms with Crippen LogP contribution in [0.25, 0.3) is 0 Å². The van der Waals surface area contributed by atoms with Crippen molar-refractivity contribution in [2.24, 2.45) is 5.41 Å². The maximum atomic E-state index is 10.5. The normalized spacial score (nSPS) is 17.7. The topological polar surface area (TPSA) is 74.6 Å². The molecule has 0 bridgehead atoms. The minimum Gasteiger partial charge on any atom is -0.478 e. The van der Waals surface area contributed by atoms with E-state index in [2.05, 4.69) is 46.4 Å². The van der Waals surface area contributed by atoms with E-state index in [0.29, 0.717) is 0 Å². The quantitative estimate of drug-likeness (QED) is 0.452. The lowest BCUT2D eigenvalue weighted by Crippen LogP contribution is -2.19. The van der Waals surface area contributed by atoms with Crippen molar-refractivity contribution < 1.29 is 19.8 Å². The van der Waals surface area contributed by atoms with Crippen LogP contribution in [0, 0.1) is 5.41 Å². The van der Waals surface area contributed by atoms with Crippen LogP contribution in [0.1, 0.15) is 53.9 Å². The van der Waals surface area contributed by atoms with E-state index < -0.39 is 11.9 Å². The summed E-state index contributed by atoms with van der Waals surface area (Å²) in [7, 11) is 0. The Hall–Kier alpha value is -2.62. The molecule has 0 saturated carbocycles. The van der Waals surface area contributed by atoms with Gasteiger partial charge in [0, 0.05) is 12.2 Å². The molecule has 1 aliphatic carbocycles. The smallest absolute Gasteiger partial charge is 0.328 e. The number of aliphatic carboxylic acids is 2. The maximum Gasteiger partial charge on any atom is 0.328 e. The van der Waals surface area contributed by atoms with E-state index in [1.54, 1.807) is 13.0 Å². The average Bonchev–Trinajstić information content (AvgIpc) is 2.53. The van der Waals surface area contributed by atoms with E-state index in [4.69, 9.17) is 10.2 Å². The molecule has 0 fully saturated rings. The Kier molecular flexibility index (Phi) is 10.7. The number of carbonyl (C=O) groups is 2. The van der Waals surface area contributed by atoms with Crippen molar-refractivity contribution in [3.63, 3.8) is 0 Å². The summed E-state index contributed by atoms with van der Waals surface area (Å²) in [4.78, 5) is 19.8. The molecule has 0 amide bonds. The van der Waals surface area contributed by atoms with Gasteiger partial charge in [-0.05, 0) is 56.6 Å². The lowest BCUT2D eigenvalue weighted by molar-refractivity contribution is -0.132. The molecule has 27 heavy (non-hydrogen) atoms. The van der Waals surface area contributed by atoms with Crippen LogP contribution < -0.4 is 0 Å². The van der Waals surface area contributed by atoms with Crippen molar-refractivity contribution in [3.8, 4) is 0 Å². The molecule has 2 N–H and O–H groups in total. The van der Waals surface area contributed by atoms with Gasteiger partial charge >= 0.3 is 11.9 Å². The monoisotopic (exact) mass is 372 g/mol. The molecule has 0 aromatic carbocycles. The van der Waals surface area contributed by atoms with Gasteiger partial charge in [-0.2, -0.15) is 0 Å². The van der Waals surface area contributed by atoms with Crippen molar-refractivity contribution in [1.29, 1.82) is 0 Å². The largest absolute Gasteiger partial charge is 0.478 e. The van der Waals surface area contributed by atoms with Gasteiger partial charge in [0.1, 0.15) is 0 Å². The Morgan fingerprint density at radius 3 is 2.15 bits per heavy atom. The second kappa shape index (κ2) is 11.9. The number of allylic oxidation sites excluding steroid dienone is 9. The Labute approximate surface area is 163 Å². The third kappa shape index (κ3) is 10.9. The highest BCUT2D eigenvalue weighted by atomic mass is 16.4. The Bertz CT molecular complexity index is 698. The molecular formula is C23H32O4. The van der Waals surface area contributed by atoms with Gasteiger partial charge in [-0.15, -0.1) is 0 Å². The molecular weight excluding hydrogens is 340 g/mol. The number of hydrogen-bond donors (Lipinski definition) is 2. The van der Waals surface area contributed by atoms with Crippen LogP contribution in [0.5, 0.6) is 0 Å². The number of carboxylic acids is 2. The van der Waals surface area contributed by atoms with Gasteiger partial charge in [-0.3, -0.25) is 0 Å². The zero-order valence-electron chi connectivity index (χ0n) is 17.1. The van der Waals surface area contributed by atoms with Crippen molar-refractivity contribution in [3.05, 3.63) is 71.4 Å². The average molecular weight is 373 g/mol. The van der Waals surface area contributed by atoms with E-state index in [9.17, 15) is 9.59 Å². The summed E-state index contributed by atoms with van der Waals surface area (Å²) in [6, 6.07) is 0. The highest BCUT2D eigenvalue weighted by Gasteiger charge is 2.26. The van der Waals surface area contributed by atoms with Crippen LogP contribution in [-0.4, -0.2) is 22.2 Å². The molecule has 0 unspecified atom stereocenters. The van der Waals surface area contributed by atoms with Crippen LogP contribution in [0.2, 0.25) is 0 Å². The highest BCUT2D eigenvalue weighted by Crippen LogP contribution is 2.40. The van der Waals surface area contributed by atoms with E-state index >= 15 is 0 Å². The van der Waals surface area contributed by atoms with E-state index in [1.165, 1.54) is 36.5 Å². The first kappa shape index (κ1) is 24.4. The lowest BCUT2D eigenvalue weighted by atomic mass is 9.72. The fourth-order valence-electron chi connectivity index (χ4n) is 2.88. The predicted octanol–water partition coefficient (Wildman–Crippen LogP) is 5.86. The molecule has 148 valence electrons. The molecule has 0 aromatic rings. The van der Waals surface area contributed by atoms with Crippen LogP contribution in [0.15, 0.2) is 71.4 Å². The number of rotatable bonds is 6. The Morgan fingerprint density at radius 1 is 1.07 bits per heavy atom. The molecule has 1 rings (SSSR count). The number of carboxylic acid groups (broad SMARTS) is 2. The molecule has 1 aliphatic rings. The maximum absolute atomic E-state index is 10.5. The second-order valence-corrected chi connectivity index (χ2v) is 7.30. The van der Waals surface area contributed by atoms with Crippen LogP contribution in [0.4, 0.5) is 0 Å². The molecule has 4 nitrogen and oxygen atoms in total. The molecule has 0 aromatic heterocycles. The predicted molar refractivity (Wildman–Crippen MR) is 112 cm³/mol. The summed E-state index contributed by atoms with van der Waals surface area (Å²) >= 11 is 0.